The topological polar surface area (TPSA) is 33.1 Å². The normalized spacial score (nSPS) is 18.9. The number of pyridine rings is 1. The van der Waals surface area contributed by atoms with Gasteiger partial charge < -0.3 is 14.8 Å². The van der Waals surface area contributed by atoms with Crippen LogP contribution in [0, 0.1) is 5.82 Å². The van der Waals surface area contributed by atoms with Crippen LogP contribution in [0.2, 0.25) is 5.02 Å². The third-order valence-electron chi connectivity index (χ3n) is 5.22. The molecule has 3 heterocycles. The molecule has 0 spiro atoms. The highest BCUT2D eigenvalue weighted by molar-refractivity contribution is 7.80. The van der Waals surface area contributed by atoms with E-state index in [-0.39, 0.29) is 17.1 Å². The number of unbranched alkanes of at least 4 members (excludes halogenated alkanes) is 1. The fourth-order valence-corrected chi connectivity index (χ4v) is 4.31. The van der Waals surface area contributed by atoms with E-state index in [2.05, 4.69) is 28.2 Å². The van der Waals surface area contributed by atoms with Crippen molar-refractivity contribution in [2.45, 2.75) is 31.8 Å². The van der Waals surface area contributed by atoms with Crippen molar-refractivity contribution in [1.29, 1.82) is 0 Å². The Labute approximate surface area is 180 Å². The van der Waals surface area contributed by atoms with Crippen LogP contribution in [0.3, 0.4) is 0 Å². The molecule has 1 N–H and O–H groups in total. The molecule has 1 saturated heterocycles. The van der Waals surface area contributed by atoms with E-state index in [9.17, 15) is 4.39 Å². The molecule has 0 unspecified atom stereocenters. The van der Waals surface area contributed by atoms with Gasteiger partial charge in [-0.25, -0.2) is 4.39 Å². The van der Waals surface area contributed by atoms with Gasteiger partial charge in [0, 0.05) is 30.3 Å². The smallest absolute Gasteiger partial charge is 0.170 e. The molecule has 29 heavy (non-hydrogen) atoms. The zero-order valence-corrected chi connectivity index (χ0v) is 17.6. The van der Waals surface area contributed by atoms with Gasteiger partial charge in [0.25, 0.3) is 0 Å². The van der Waals surface area contributed by atoms with E-state index in [1.165, 1.54) is 6.07 Å². The average molecular weight is 429 g/mol. The van der Waals surface area contributed by atoms with Crippen molar-refractivity contribution in [3.63, 3.8) is 0 Å². The van der Waals surface area contributed by atoms with Crippen LogP contribution in [0.1, 0.15) is 43.2 Å². The number of thiocarbonyl (C=S) groups is 1. The summed E-state index contributed by atoms with van der Waals surface area (Å²) in [4.78, 5) is 6.80. The molecule has 2 atom stereocenters. The number of benzene rings is 1. The van der Waals surface area contributed by atoms with Gasteiger partial charge in [-0.15, -0.1) is 0 Å². The molecule has 0 amide bonds. The van der Waals surface area contributed by atoms with E-state index < -0.39 is 5.82 Å². The summed E-state index contributed by atoms with van der Waals surface area (Å²) in [5.41, 5.74) is 2.79. The Balaban J connectivity index is 1.79. The van der Waals surface area contributed by atoms with Crippen LogP contribution in [0.5, 0.6) is 0 Å². The van der Waals surface area contributed by atoms with Crippen molar-refractivity contribution in [1.82, 2.24) is 19.8 Å². The minimum absolute atomic E-state index is 0.0391. The largest absolute Gasteiger partial charge is 0.352 e. The number of hydrogen-bond donors (Lipinski definition) is 1. The fraction of sp³-hybridized carbons (Fsp3) is 0.273. The van der Waals surface area contributed by atoms with Crippen LogP contribution < -0.4 is 5.32 Å². The van der Waals surface area contributed by atoms with Crippen molar-refractivity contribution < 1.29 is 4.39 Å². The Kier molecular flexibility index (Phi) is 5.83. The molecule has 4 rings (SSSR count). The van der Waals surface area contributed by atoms with Gasteiger partial charge >= 0.3 is 0 Å². The first-order chi connectivity index (χ1) is 14.1. The van der Waals surface area contributed by atoms with E-state index in [1.54, 1.807) is 18.3 Å². The Morgan fingerprint density at radius 1 is 1.21 bits per heavy atom. The van der Waals surface area contributed by atoms with E-state index in [1.807, 2.05) is 35.0 Å². The zero-order chi connectivity index (χ0) is 20.4. The molecule has 0 saturated carbocycles. The van der Waals surface area contributed by atoms with Crippen LogP contribution in [0.25, 0.3) is 5.69 Å². The van der Waals surface area contributed by atoms with Crippen LogP contribution in [-0.2, 0) is 0 Å². The van der Waals surface area contributed by atoms with Crippen molar-refractivity contribution in [2.75, 3.05) is 6.54 Å². The van der Waals surface area contributed by atoms with Crippen molar-refractivity contribution >= 4 is 28.9 Å². The number of nitrogens with zero attached hydrogens (tertiary/aromatic N) is 3. The standard InChI is InChI=1S/C22H22ClFN4S/c1-2-3-12-28-21(20(26-22(28)29)18-7-4-5-11-25-18)19-8-6-13-27(19)15-9-10-17(24)16(23)14-15/h4-11,13-14,20-21H,2-3,12H2,1H3,(H,26,29)/t20-,21+/m0/s1. The van der Waals surface area contributed by atoms with Gasteiger partial charge in [0.05, 0.1) is 22.8 Å². The first-order valence-corrected chi connectivity index (χ1v) is 10.5. The third-order valence-corrected chi connectivity index (χ3v) is 5.86. The predicted octanol–water partition coefficient (Wildman–Crippen LogP) is 5.44. The summed E-state index contributed by atoms with van der Waals surface area (Å²) in [7, 11) is 0. The SMILES string of the molecule is CCCCN1C(=S)N[C@@H](c2ccccn2)[C@H]1c1cccn1-c1ccc(F)c(Cl)c1. The second kappa shape index (κ2) is 8.51. The summed E-state index contributed by atoms with van der Waals surface area (Å²) in [5.74, 6) is -0.427. The molecule has 0 aliphatic carbocycles. The second-order valence-electron chi connectivity index (χ2n) is 7.08. The lowest BCUT2D eigenvalue weighted by Crippen LogP contribution is -2.31. The second-order valence-corrected chi connectivity index (χ2v) is 7.87. The summed E-state index contributed by atoms with van der Waals surface area (Å²) in [6.07, 6.45) is 5.88. The molecule has 1 fully saturated rings. The lowest BCUT2D eigenvalue weighted by molar-refractivity contribution is 0.304. The molecule has 1 aliphatic heterocycles. The maximum Gasteiger partial charge on any atom is 0.170 e. The number of halogens is 2. The van der Waals surface area contributed by atoms with Crippen LogP contribution >= 0.6 is 23.8 Å². The minimum Gasteiger partial charge on any atom is -0.352 e. The van der Waals surface area contributed by atoms with E-state index >= 15 is 0 Å². The van der Waals surface area contributed by atoms with Crippen molar-refractivity contribution in [3.8, 4) is 5.69 Å². The summed E-state index contributed by atoms with van der Waals surface area (Å²) < 4.78 is 15.7. The highest BCUT2D eigenvalue weighted by atomic mass is 35.5. The quantitative estimate of drug-likeness (QED) is 0.530. The summed E-state index contributed by atoms with van der Waals surface area (Å²) in [5, 5.41) is 4.29. The number of hydrogen-bond acceptors (Lipinski definition) is 2. The van der Waals surface area contributed by atoms with E-state index in [0.29, 0.717) is 0 Å². The molecule has 3 aromatic rings. The predicted molar refractivity (Wildman–Crippen MR) is 118 cm³/mol. The highest BCUT2D eigenvalue weighted by Gasteiger charge is 2.40. The summed E-state index contributed by atoms with van der Waals surface area (Å²) in [6, 6.07) is 14.6. The van der Waals surface area contributed by atoms with Gasteiger partial charge in [0.2, 0.25) is 0 Å². The lowest BCUT2D eigenvalue weighted by Gasteiger charge is -2.29. The van der Waals surface area contributed by atoms with Gasteiger partial charge in [0.15, 0.2) is 5.11 Å². The first kappa shape index (κ1) is 19.9. The molecule has 7 heteroatoms. The highest BCUT2D eigenvalue weighted by Crippen LogP contribution is 2.39. The number of rotatable bonds is 6. The Hall–Kier alpha value is -2.44. The molecular formula is C22H22ClFN4S. The fourth-order valence-electron chi connectivity index (χ4n) is 3.80. The van der Waals surface area contributed by atoms with E-state index in [4.69, 9.17) is 23.8 Å². The van der Waals surface area contributed by atoms with Crippen LogP contribution in [0.4, 0.5) is 4.39 Å². The average Bonchev–Trinajstić information content (AvgIpc) is 3.33. The first-order valence-electron chi connectivity index (χ1n) is 9.71. The van der Waals surface area contributed by atoms with E-state index in [0.717, 1.165) is 41.6 Å². The molecule has 0 bridgehead atoms. The monoisotopic (exact) mass is 428 g/mol. The molecule has 2 aromatic heterocycles. The molecular weight excluding hydrogens is 407 g/mol. The molecule has 0 radical (unpaired) electrons. The van der Waals surface area contributed by atoms with Crippen LogP contribution in [-0.4, -0.2) is 26.1 Å². The van der Waals surface area contributed by atoms with Crippen molar-refractivity contribution in [2.24, 2.45) is 0 Å². The van der Waals surface area contributed by atoms with Gasteiger partial charge in [-0.2, -0.15) is 0 Å². The van der Waals surface area contributed by atoms with Crippen LogP contribution in [0.15, 0.2) is 60.9 Å². The number of nitrogens with one attached hydrogen (secondary N) is 1. The molecule has 1 aliphatic rings. The maximum absolute atomic E-state index is 13.7. The Bertz CT molecular complexity index is 1010. The molecule has 1 aromatic carbocycles. The number of aromatic nitrogens is 2. The zero-order valence-electron chi connectivity index (χ0n) is 16.1. The minimum atomic E-state index is -0.427. The van der Waals surface area contributed by atoms with Gasteiger partial charge in [-0.1, -0.05) is 31.0 Å². The Morgan fingerprint density at radius 3 is 2.79 bits per heavy atom. The summed E-state index contributed by atoms with van der Waals surface area (Å²) >= 11 is 11.7. The van der Waals surface area contributed by atoms with Crippen molar-refractivity contribution in [3.05, 3.63) is 83.2 Å². The molecule has 150 valence electrons. The maximum atomic E-state index is 13.7. The van der Waals surface area contributed by atoms with Gasteiger partial charge in [0.1, 0.15) is 5.82 Å². The lowest BCUT2D eigenvalue weighted by atomic mass is 10.0. The molecule has 4 nitrogen and oxygen atoms in total. The van der Waals surface area contributed by atoms with Gasteiger partial charge in [-0.05, 0) is 61.1 Å². The Morgan fingerprint density at radius 2 is 2.07 bits per heavy atom. The third kappa shape index (κ3) is 3.87. The summed E-state index contributed by atoms with van der Waals surface area (Å²) in [6.45, 7) is 3.02. The van der Waals surface area contributed by atoms with Gasteiger partial charge in [-0.3, -0.25) is 4.98 Å².